The maximum atomic E-state index is 5.75. The molecular weight excluding hydrogens is 1260 g/mol. The highest BCUT2D eigenvalue weighted by molar-refractivity contribution is 7.20. The number of hydrogen-bond donors (Lipinski definition) is 0. The number of hydrogen-bond acceptors (Lipinski definition) is 9. The van der Waals surface area contributed by atoms with Gasteiger partial charge in [-0.05, 0) is 117 Å². The lowest BCUT2D eigenvalue weighted by Crippen LogP contribution is -2.74. The first-order valence-corrected chi connectivity index (χ1v) is 35.9. The highest BCUT2D eigenvalue weighted by Gasteiger charge is 2.44. The SMILES string of the molecule is c1ccc([Si](c2ccccc2)(c2cccc(-c3nc(N4C5=Nc6ccccc6C5c5ccccc54)cc(-n4c5ccccc5n5c6ccccc6nc45)n3)c2)c2cccc(-c3nc(-n4c5ccccc5n5c6ccccc6nc45)cc(-n4c5ccccc5n5c6ccccc6nc45)n3)c2)cc1. The predicted molar refractivity (Wildman–Crippen MR) is 405 cm³/mol. The molecule has 2 aliphatic heterocycles. The molecule has 0 radical (unpaired) electrons. The fraction of sp³-hybridized carbons (Fsp3) is 0.0118. The molecule has 0 spiro atoms. The van der Waals surface area contributed by atoms with E-state index in [0.717, 1.165) is 122 Å². The van der Waals surface area contributed by atoms with Crippen molar-refractivity contribution in [2.75, 3.05) is 4.90 Å². The number of amidine groups is 1. The van der Waals surface area contributed by atoms with Gasteiger partial charge in [-0.1, -0.05) is 218 Å². The van der Waals surface area contributed by atoms with E-state index in [1.807, 2.05) is 18.2 Å². The van der Waals surface area contributed by atoms with Crippen LogP contribution in [0.1, 0.15) is 17.0 Å². The third-order valence-corrected chi connectivity index (χ3v) is 25.4. The number of para-hydroxylation sites is 14. The van der Waals surface area contributed by atoms with Crippen molar-refractivity contribution in [3.05, 3.63) is 327 Å². The quantitative estimate of drug-likeness (QED) is 0.0976. The number of rotatable bonds is 10. The van der Waals surface area contributed by atoms with Crippen LogP contribution < -0.4 is 25.6 Å². The van der Waals surface area contributed by atoms with Crippen molar-refractivity contribution in [3.63, 3.8) is 0 Å². The summed E-state index contributed by atoms with van der Waals surface area (Å²) < 4.78 is 13.3. The smallest absolute Gasteiger partial charge is 0.221 e. The van der Waals surface area contributed by atoms with Gasteiger partial charge in [0.1, 0.15) is 29.1 Å². The molecule has 20 aromatic rings. The molecule has 22 rings (SSSR count). The second-order valence-corrected chi connectivity index (χ2v) is 29.8. The van der Waals surface area contributed by atoms with Gasteiger partial charge in [-0.15, -0.1) is 0 Å². The standard InChI is InChI=1S/C85H53N15Si/c1-3-27-55(28-4-1)101(56-29-5-2-6-30-56,57-31-23-25-53(49-57)80-90-75(97-65-39-13-8-34-60(65)79-59-33-7-9-35-61(59)86-82(79)97)51-76(91-80)98-72-46-20-17-43-69(72)94-66-40-14-10-36-62(66)87-83(94)98)58-32-24-26-54(50-58)81-92-77(99-73-47-21-18-44-70(73)95-67-41-15-11-37-63(67)88-84(95)99)52-78(93-81)100-74-48-22-19-45-71(74)96-68-42-16-12-38-64(68)89-85(96)100/h1-52,79H. The number of benzene rings is 12. The summed E-state index contributed by atoms with van der Waals surface area (Å²) in [6, 6.07) is 112. The molecule has 0 fully saturated rings. The topological polar surface area (TPSA) is 134 Å². The van der Waals surface area contributed by atoms with Gasteiger partial charge in [-0.25, -0.2) is 39.9 Å². The fourth-order valence-corrected chi connectivity index (χ4v) is 21.2. The number of fused-ring (bicyclic) bond motifs is 20. The van der Waals surface area contributed by atoms with E-state index in [-0.39, 0.29) is 5.92 Å². The van der Waals surface area contributed by atoms with E-state index < -0.39 is 8.07 Å². The monoisotopic (exact) mass is 1310 g/mol. The lowest BCUT2D eigenvalue weighted by atomic mass is 9.93. The van der Waals surface area contributed by atoms with Gasteiger partial charge in [0.2, 0.25) is 17.3 Å². The van der Waals surface area contributed by atoms with Gasteiger partial charge in [0, 0.05) is 23.3 Å². The Balaban J connectivity index is 0.783. The first kappa shape index (κ1) is 55.4. The van der Waals surface area contributed by atoms with Crippen LogP contribution in [0, 0.1) is 0 Å². The average molecular weight is 1310 g/mol. The molecule has 472 valence electrons. The van der Waals surface area contributed by atoms with E-state index in [1.165, 1.54) is 21.5 Å². The first-order chi connectivity index (χ1) is 50.1. The first-order valence-electron chi connectivity index (χ1n) is 33.9. The van der Waals surface area contributed by atoms with Gasteiger partial charge in [0.15, 0.2) is 19.7 Å². The minimum Gasteiger partial charge on any atom is -0.281 e. The van der Waals surface area contributed by atoms with Crippen molar-refractivity contribution < 1.29 is 0 Å². The Bertz CT molecular complexity index is 6690. The predicted octanol–water partition coefficient (Wildman–Crippen LogP) is 15.5. The summed E-state index contributed by atoms with van der Waals surface area (Å²) >= 11 is 0. The Hall–Kier alpha value is -13.7. The Morgan fingerprint density at radius 3 is 1.09 bits per heavy atom. The molecule has 0 aliphatic carbocycles. The van der Waals surface area contributed by atoms with Gasteiger partial charge in [-0.3, -0.25) is 31.8 Å². The second kappa shape index (κ2) is 21.1. The second-order valence-electron chi connectivity index (χ2n) is 26.0. The molecule has 16 heteroatoms. The summed E-state index contributed by atoms with van der Waals surface area (Å²) in [5, 5.41) is 4.64. The maximum absolute atomic E-state index is 5.75. The van der Waals surface area contributed by atoms with Crippen molar-refractivity contribution in [3.8, 4) is 40.2 Å². The molecule has 0 saturated carbocycles. The van der Waals surface area contributed by atoms with Crippen molar-refractivity contribution in [1.82, 2.24) is 61.8 Å². The summed E-state index contributed by atoms with van der Waals surface area (Å²) in [5.74, 6) is 6.81. The maximum Gasteiger partial charge on any atom is 0.221 e. The number of anilines is 2. The molecule has 0 N–H and O–H groups in total. The zero-order chi connectivity index (χ0) is 66.0. The fourth-order valence-electron chi connectivity index (χ4n) is 16.4. The van der Waals surface area contributed by atoms with Crippen molar-refractivity contribution in [1.29, 1.82) is 0 Å². The molecule has 0 bridgehead atoms. The van der Waals surface area contributed by atoms with Crippen LogP contribution in [0.5, 0.6) is 0 Å². The van der Waals surface area contributed by atoms with E-state index in [2.05, 4.69) is 329 Å². The minimum absolute atomic E-state index is 0.0772. The van der Waals surface area contributed by atoms with Crippen LogP contribution in [0.15, 0.2) is 320 Å². The molecule has 1 unspecified atom stereocenters. The summed E-state index contributed by atoms with van der Waals surface area (Å²) in [5.41, 5.74) is 17.6. The molecule has 0 amide bonds. The van der Waals surface area contributed by atoms with Crippen molar-refractivity contribution in [2.45, 2.75) is 5.92 Å². The van der Waals surface area contributed by atoms with Crippen LogP contribution in [-0.2, 0) is 0 Å². The summed E-state index contributed by atoms with van der Waals surface area (Å²) in [6.45, 7) is 0. The van der Waals surface area contributed by atoms with Crippen molar-refractivity contribution in [2.24, 2.45) is 4.99 Å². The Labute approximate surface area is 576 Å². The van der Waals surface area contributed by atoms with E-state index in [0.29, 0.717) is 34.9 Å². The summed E-state index contributed by atoms with van der Waals surface area (Å²) in [6.07, 6.45) is 0. The Morgan fingerprint density at radius 2 is 0.624 bits per heavy atom. The van der Waals surface area contributed by atoms with Crippen LogP contribution in [-0.4, -0.2) is 75.7 Å². The van der Waals surface area contributed by atoms with E-state index >= 15 is 0 Å². The van der Waals surface area contributed by atoms with Crippen LogP contribution >= 0.6 is 0 Å². The highest BCUT2D eigenvalue weighted by atomic mass is 28.3. The van der Waals surface area contributed by atoms with Gasteiger partial charge in [0.05, 0.1) is 83.5 Å². The average Bonchev–Trinajstić information content (AvgIpc) is 1.52. The van der Waals surface area contributed by atoms with Gasteiger partial charge in [-0.2, -0.15) is 0 Å². The van der Waals surface area contributed by atoms with Crippen LogP contribution in [0.25, 0.3) is 124 Å². The summed E-state index contributed by atoms with van der Waals surface area (Å²) in [7, 11) is -3.44. The van der Waals surface area contributed by atoms with E-state index in [4.69, 9.17) is 39.9 Å². The molecular formula is C85H53N15Si. The molecule has 10 heterocycles. The number of imidazole rings is 6. The normalized spacial score (nSPS) is 13.7. The van der Waals surface area contributed by atoms with Crippen LogP contribution in [0.3, 0.4) is 0 Å². The third-order valence-electron chi connectivity index (χ3n) is 20.6. The van der Waals surface area contributed by atoms with E-state index in [1.54, 1.807) is 0 Å². The van der Waals surface area contributed by atoms with Crippen LogP contribution in [0.2, 0.25) is 0 Å². The molecule has 15 nitrogen and oxygen atoms in total. The molecule has 1 atom stereocenters. The molecule has 8 aromatic heterocycles. The number of nitrogens with zero attached hydrogens (tertiary/aromatic N) is 15. The minimum atomic E-state index is -3.44. The zero-order valence-corrected chi connectivity index (χ0v) is 54.8. The Kier molecular flexibility index (Phi) is 11.6. The zero-order valence-electron chi connectivity index (χ0n) is 53.8. The van der Waals surface area contributed by atoms with Crippen molar-refractivity contribution >= 4 is 135 Å². The lowest BCUT2D eigenvalue weighted by molar-refractivity contribution is 0.970. The number of aromatic nitrogens is 13. The number of aliphatic imine (C=N–C) groups is 1. The van der Waals surface area contributed by atoms with Gasteiger partial charge < -0.3 is 0 Å². The highest BCUT2D eigenvalue weighted by Crippen LogP contribution is 2.52. The lowest BCUT2D eigenvalue weighted by Gasteiger charge is -2.35. The Morgan fingerprint density at radius 1 is 0.267 bits per heavy atom. The van der Waals surface area contributed by atoms with Gasteiger partial charge >= 0.3 is 0 Å². The summed E-state index contributed by atoms with van der Waals surface area (Å²) in [4.78, 5) is 46.7. The third kappa shape index (κ3) is 7.92. The molecule has 101 heavy (non-hydrogen) atoms. The molecule has 12 aromatic carbocycles. The van der Waals surface area contributed by atoms with E-state index in [9.17, 15) is 0 Å². The largest absolute Gasteiger partial charge is 0.281 e. The van der Waals surface area contributed by atoms with Gasteiger partial charge in [0.25, 0.3) is 0 Å². The molecule has 0 saturated heterocycles. The van der Waals surface area contributed by atoms with Crippen LogP contribution in [0.4, 0.5) is 17.2 Å². The molecule has 2 aliphatic rings.